The zero-order valence-electron chi connectivity index (χ0n) is 21.9. The maximum atomic E-state index is 14.9. The summed E-state index contributed by atoms with van der Waals surface area (Å²) in [6, 6.07) is 7.30. The van der Waals surface area contributed by atoms with Crippen molar-refractivity contribution in [3.8, 4) is 11.6 Å². The zero-order valence-corrected chi connectivity index (χ0v) is 21.9. The first-order valence-corrected chi connectivity index (χ1v) is 13.3. The Morgan fingerprint density at radius 2 is 2.00 bits per heavy atom. The fourth-order valence-electron chi connectivity index (χ4n) is 5.67. The van der Waals surface area contributed by atoms with E-state index < -0.39 is 0 Å². The number of anilines is 1. The van der Waals surface area contributed by atoms with Crippen LogP contribution in [0, 0.1) is 5.82 Å². The lowest BCUT2D eigenvalue weighted by atomic mass is 9.69. The molecule has 7 rings (SSSR count). The third kappa shape index (κ3) is 5.39. The smallest absolute Gasteiger partial charge is 0.263 e. The van der Waals surface area contributed by atoms with Crippen LogP contribution in [-0.4, -0.2) is 65.5 Å². The molecule has 39 heavy (non-hydrogen) atoms. The molecule has 1 saturated carbocycles. The number of hydrogen-bond acceptors (Lipinski definition) is 9. The second-order valence-corrected chi connectivity index (χ2v) is 10.5. The number of nitrogens with zero attached hydrogens (tertiary/aromatic N) is 3. The molecular weight excluding hydrogens is 505 g/mol. The van der Waals surface area contributed by atoms with E-state index in [0.29, 0.717) is 73.3 Å². The summed E-state index contributed by atoms with van der Waals surface area (Å²) in [7, 11) is 1.61. The van der Waals surface area contributed by atoms with Gasteiger partial charge in [0, 0.05) is 30.8 Å². The first-order chi connectivity index (χ1) is 19.0. The molecule has 3 aromatic heterocycles. The Kier molecular flexibility index (Phi) is 7.05. The Balaban J connectivity index is 1.08. The molecule has 3 fully saturated rings. The summed E-state index contributed by atoms with van der Waals surface area (Å²) in [5, 5.41) is 6.42. The maximum absolute atomic E-state index is 14.9. The number of nitrogens with one attached hydrogen (secondary N) is 2. The second-order valence-electron chi connectivity index (χ2n) is 10.5. The molecule has 0 radical (unpaired) electrons. The third-order valence-electron chi connectivity index (χ3n) is 8.06. The summed E-state index contributed by atoms with van der Waals surface area (Å²) in [5.74, 6) is 0.918. The number of amides is 1. The monoisotopic (exact) mass is 537 g/mol. The van der Waals surface area contributed by atoms with Gasteiger partial charge in [0.05, 0.1) is 41.7 Å². The molecule has 3 aliphatic heterocycles. The molecule has 2 bridgehead atoms. The van der Waals surface area contributed by atoms with Crippen LogP contribution in [0.15, 0.2) is 30.5 Å². The van der Waals surface area contributed by atoms with Crippen molar-refractivity contribution >= 4 is 22.8 Å². The van der Waals surface area contributed by atoms with E-state index in [2.05, 4.69) is 25.6 Å². The predicted octanol–water partition coefficient (Wildman–Crippen LogP) is 3.32. The van der Waals surface area contributed by atoms with Gasteiger partial charge in [-0.15, -0.1) is 0 Å². The van der Waals surface area contributed by atoms with Crippen LogP contribution >= 0.6 is 0 Å². The number of carbonyl (C=O) groups excluding carboxylic acids is 1. The van der Waals surface area contributed by atoms with Crippen molar-refractivity contribution in [2.75, 3.05) is 38.9 Å². The highest BCUT2D eigenvalue weighted by Crippen LogP contribution is 2.46. The molecule has 2 N–H and O–H groups in total. The molecule has 10 nitrogen and oxygen atoms in total. The zero-order chi connectivity index (χ0) is 26.9. The van der Waals surface area contributed by atoms with Crippen LogP contribution in [0.25, 0.3) is 11.0 Å². The fraction of sp³-hybridized carbons (Fsp3) is 0.500. The number of halogens is 1. The molecule has 0 spiro atoms. The molecule has 206 valence electrons. The van der Waals surface area contributed by atoms with E-state index in [1.165, 1.54) is 6.20 Å². The van der Waals surface area contributed by atoms with Gasteiger partial charge in [0.2, 0.25) is 5.88 Å². The lowest BCUT2D eigenvalue weighted by molar-refractivity contribution is -0.165. The summed E-state index contributed by atoms with van der Waals surface area (Å²) in [6.07, 6.45) is 6.21. The number of carbonyl (C=O) groups is 1. The van der Waals surface area contributed by atoms with E-state index in [4.69, 9.17) is 18.9 Å². The predicted molar refractivity (Wildman–Crippen MR) is 140 cm³/mol. The van der Waals surface area contributed by atoms with Gasteiger partial charge in [-0.25, -0.2) is 14.4 Å². The highest BCUT2D eigenvalue weighted by Gasteiger charge is 2.49. The molecule has 4 aliphatic rings. The number of pyridine rings is 3. The molecule has 3 aromatic rings. The van der Waals surface area contributed by atoms with Gasteiger partial charge in [0.1, 0.15) is 12.4 Å². The largest absolute Gasteiger partial charge is 0.480 e. The number of aromatic nitrogens is 3. The minimum Gasteiger partial charge on any atom is -0.480 e. The SMILES string of the molecule is COCCOc1ccc2ncc(F)c(CCC34CCC(NCc5ccc6c(n5)NC(=O)CO6)(CC3)CO4)c2n1. The highest BCUT2D eigenvalue weighted by molar-refractivity contribution is 5.94. The average Bonchev–Trinajstić information content (AvgIpc) is 2.96. The molecule has 2 saturated heterocycles. The summed E-state index contributed by atoms with van der Waals surface area (Å²) >= 11 is 0. The highest BCUT2D eigenvalue weighted by atomic mass is 19.1. The standard InChI is InChI=1S/C28H32FN5O5/c1-36-12-13-37-24-5-3-21-25(34-24)19(20(29)15-30-21)6-7-28-10-8-27(9-11-28,17-39-28)31-14-18-2-4-22-26(32-18)33-23(35)16-38-22/h2-5,15,31H,6-14,16-17H2,1H3,(H,32,33,35). The van der Waals surface area contributed by atoms with Gasteiger partial charge in [-0.05, 0) is 56.7 Å². The Morgan fingerprint density at radius 3 is 2.79 bits per heavy atom. The number of fused-ring (bicyclic) bond motifs is 5. The summed E-state index contributed by atoms with van der Waals surface area (Å²) in [4.78, 5) is 24.9. The molecular formula is C28H32FN5O5. The quantitative estimate of drug-likeness (QED) is 0.376. The molecule has 0 unspecified atom stereocenters. The molecule has 11 heteroatoms. The summed E-state index contributed by atoms with van der Waals surface area (Å²) in [5.41, 5.74) is 2.15. The third-order valence-corrected chi connectivity index (χ3v) is 8.06. The second kappa shape index (κ2) is 10.6. The van der Waals surface area contributed by atoms with Crippen molar-refractivity contribution in [3.05, 3.63) is 47.5 Å². The van der Waals surface area contributed by atoms with Crippen LogP contribution in [0.2, 0.25) is 0 Å². The fourth-order valence-corrected chi connectivity index (χ4v) is 5.67. The number of ether oxygens (including phenoxy) is 4. The van der Waals surface area contributed by atoms with Crippen LogP contribution in [0.1, 0.15) is 43.4 Å². The van der Waals surface area contributed by atoms with Gasteiger partial charge in [-0.1, -0.05) is 0 Å². The van der Waals surface area contributed by atoms with Gasteiger partial charge >= 0.3 is 0 Å². The van der Waals surface area contributed by atoms with Crippen LogP contribution in [0.3, 0.4) is 0 Å². The van der Waals surface area contributed by atoms with Crippen molar-refractivity contribution in [1.82, 2.24) is 20.3 Å². The van der Waals surface area contributed by atoms with Crippen molar-refractivity contribution in [2.24, 2.45) is 0 Å². The summed E-state index contributed by atoms with van der Waals surface area (Å²) < 4.78 is 37.5. The van der Waals surface area contributed by atoms with E-state index >= 15 is 0 Å². The van der Waals surface area contributed by atoms with Gasteiger partial charge in [0.25, 0.3) is 5.91 Å². The van der Waals surface area contributed by atoms with E-state index in [1.807, 2.05) is 18.2 Å². The van der Waals surface area contributed by atoms with Crippen molar-refractivity contribution < 1.29 is 28.1 Å². The first kappa shape index (κ1) is 25.8. The minimum atomic E-state index is -0.359. The summed E-state index contributed by atoms with van der Waals surface area (Å²) in [6.45, 7) is 1.98. The van der Waals surface area contributed by atoms with Crippen molar-refractivity contribution in [1.29, 1.82) is 0 Å². The Hall–Kier alpha value is -3.41. The number of hydrogen-bond donors (Lipinski definition) is 2. The van der Waals surface area contributed by atoms with E-state index in [1.54, 1.807) is 13.2 Å². The lowest BCUT2D eigenvalue weighted by Crippen LogP contribution is -2.61. The van der Waals surface area contributed by atoms with E-state index in [9.17, 15) is 9.18 Å². The van der Waals surface area contributed by atoms with E-state index in [0.717, 1.165) is 31.4 Å². The van der Waals surface area contributed by atoms with Crippen LogP contribution in [0.5, 0.6) is 11.6 Å². The molecule has 1 amide bonds. The van der Waals surface area contributed by atoms with Crippen LogP contribution < -0.4 is 20.1 Å². The van der Waals surface area contributed by atoms with Crippen molar-refractivity contribution in [3.63, 3.8) is 0 Å². The Bertz CT molecular complexity index is 1360. The topological polar surface area (TPSA) is 117 Å². The van der Waals surface area contributed by atoms with Crippen LogP contribution in [-0.2, 0) is 27.2 Å². The number of rotatable bonds is 10. The molecule has 0 aromatic carbocycles. The van der Waals surface area contributed by atoms with Gasteiger partial charge in [0.15, 0.2) is 18.2 Å². The van der Waals surface area contributed by atoms with Crippen LogP contribution in [0.4, 0.5) is 10.2 Å². The van der Waals surface area contributed by atoms with E-state index in [-0.39, 0.29) is 29.5 Å². The Morgan fingerprint density at radius 1 is 1.13 bits per heavy atom. The molecule has 6 heterocycles. The normalized spacial score (nSPS) is 23.8. The van der Waals surface area contributed by atoms with Gasteiger partial charge in [-0.2, -0.15) is 0 Å². The molecule has 1 aliphatic carbocycles. The number of methoxy groups -OCH3 is 1. The van der Waals surface area contributed by atoms with Crippen molar-refractivity contribution in [2.45, 2.75) is 56.2 Å². The Labute approximate surface area is 225 Å². The van der Waals surface area contributed by atoms with Gasteiger partial charge < -0.3 is 29.6 Å². The lowest BCUT2D eigenvalue weighted by Gasteiger charge is -2.53. The minimum absolute atomic E-state index is 0.0132. The number of aryl methyl sites for hydroxylation is 1. The first-order valence-electron chi connectivity index (χ1n) is 13.3. The maximum Gasteiger partial charge on any atom is 0.263 e. The van der Waals surface area contributed by atoms with Gasteiger partial charge in [-0.3, -0.25) is 9.78 Å². The average molecular weight is 538 g/mol. The molecule has 0 atom stereocenters.